The Labute approximate surface area is 107 Å². The molecule has 1 N–H and O–H groups in total. The molecule has 1 rings (SSSR count). The zero-order chi connectivity index (χ0) is 13.7. The number of carbonyl (C=O) groups is 1. The standard InChI is InChI=1S/C14H20FNO2/c1-4-10(2)8-16(3)9-11-6-5-7-12(13(11)15)14(17)18/h5-7,10H,4,8-9H2,1-3H3,(H,17,18). The van der Waals surface area contributed by atoms with Crippen molar-refractivity contribution in [3.63, 3.8) is 0 Å². The number of hydrogen-bond donors (Lipinski definition) is 1. The number of halogens is 1. The van der Waals surface area contributed by atoms with E-state index >= 15 is 0 Å². The van der Waals surface area contributed by atoms with Crippen LogP contribution in [0.1, 0.15) is 36.2 Å². The Balaban J connectivity index is 2.79. The van der Waals surface area contributed by atoms with Crippen molar-refractivity contribution in [3.05, 3.63) is 35.1 Å². The predicted molar refractivity (Wildman–Crippen MR) is 69.1 cm³/mol. The molecule has 0 fully saturated rings. The molecule has 0 saturated heterocycles. The largest absolute Gasteiger partial charge is 0.478 e. The van der Waals surface area contributed by atoms with E-state index in [0.29, 0.717) is 18.0 Å². The summed E-state index contributed by atoms with van der Waals surface area (Å²) < 4.78 is 13.9. The zero-order valence-electron chi connectivity index (χ0n) is 11.1. The van der Waals surface area contributed by atoms with Crippen LogP contribution in [0, 0.1) is 11.7 Å². The van der Waals surface area contributed by atoms with Crippen LogP contribution in [-0.2, 0) is 6.54 Å². The van der Waals surface area contributed by atoms with Gasteiger partial charge in [0.2, 0.25) is 0 Å². The fourth-order valence-electron chi connectivity index (χ4n) is 1.88. The van der Waals surface area contributed by atoms with Gasteiger partial charge in [-0.2, -0.15) is 0 Å². The smallest absolute Gasteiger partial charge is 0.338 e. The second kappa shape index (κ2) is 6.50. The lowest BCUT2D eigenvalue weighted by atomic mass is 10.1. The molecule has 0 aliphatic rings. The van der Waals surface area contributed by atoms with E-state index < -0.39 is 11.8 Å². The molecule has 1 aromatic rings. The van der Waals surface area contributed by atoms with Gasteiger partial charge in [-0.05, 0) is 19.0 Å². The SMILES string of the molecule is CCC(C)CN(C)Cc1cccc(C(=O)O)c1F. The van der Waals surface area contributed by atoms with Crippen molar-refractivity contribution in [2.45, 2.75) is 26.8 Å². The fraction of sp³-hybridized carbons (Fsp3) is 0.500. The quantitative estimate of drug-likeness (QED) is 0.847. The van der Waals surface area contributed by atoms with Gasteiger partial charge in [-0.15, -0.1) is 0 Å². The van der Waals surface area contributed by atoms with Crippen molar-refractivity contribution in [1.29, 1.82) is 0 Å². The van der Waals surface area contributed by atoms with Gasteiger partial charge in [0.1, 0.15) is 5.82 Å². The minimum Gasteiger partial charge on any atom is -0.478 e. The van der Waals surface area contributed by atoms with Gasteiger partial charge in [0, 0.05) is 18.7 Å². The molecule has 0 aromatic heterocycles. The second-order valence-electron chi connectivity index (χ2n) is 4.79. The highest BCUT2D eigenvalue weighted by molar-refractivity contribution is 5.88. The molecule has 0 radical (unpaired) electrons. The topological polar surface area (TPSA) is 40.5 Å². The van der Waals surface area contributed by atoms with Crippen molar-refractivity contribution >= 4 is 5.97 Å². The number of rotatable bonds is 6. The van der Waals surface area contributed by atoms with E-state index in [2.05, 4.69) is 13.8 Å². The number of carboxylic acids is 1. The molecule has 4 heteroatoms. The molecule has 0 bridgehead atoms. The van der Waals surface area contributed by atoms with E-state index in [9.17, 15) is 9.18 Å². The first kappa shape index (κ1) is 14.6. The van der Waals surface area contributed by atoms with Crippen molar-refractivity contribution in [3.8, 4) is 0 Å². The highest BCUT2D eigenvalue weighted by Gasteiger charge is 2.15. The summed E-state index contributed by atoms with van der Waals surface area (Å²) >= 11 is 0. The molecule has 0 aliphatic carbocycles. The molecule has 1 unspecified atom stereocenters. The van der Waals surface area contributed by atoms with Gasteiger partial charge in [0.15, 0.2) is 0 Å². The van der Waals surface area contributed by atoms with Gasteiger partial charge in [0.05, 0.1) is 5.56 Å². The first-order valence-electron chi connectivity index (χ1n) is 6.14. The van der Waals surface area contributed by atoms with Crippen molar-refractivity contribution in [2.24, 2.45) is 5.92 Å². The molecule has 0 aliphatic heterocycles. The van der Waals surface area contributed by atoms with Crippen LogP contribution in [-0.4, -0.2) is 29.6 Å². The van der Waals surface area contributed by atoms with Crippen LogP contribution in [0.15, 0.2) is 18.2 Å². The Kier molecular flexibility index (Phi) is 5.28. The van der Waals surface area contributed by atoms with Crippen molar-refractivity contribution in [2.75, 3.05) is 13.6 Å². The van der Waals surface area contributed by atoms with E-state index in [-0.39, 0.29) is 5.56 Å². The highest BCUT2D eigenvalue weighted by atomic mass is 19.1. The molecular weight excluding hydrogens is 233 g/mol. The van der Waals surface area contributed by atoms with Gasteiger partial charge >= 0.3 is 5.97 Å². The molecule has 0 spiro atoms. The van der Waals surface area contributed by atoms with Crippen LogP contribution in [0.5, 0.6) is 0 Å². The first-order chi connectivity index (χ1) is 8.45. The van der Waals surface area contributed by atoms with Crippen LogP contribution in [0.2, 0.25) is 0 Å². The number of carboxylic acid groups (broad SMARTS) is 1. The summed E-state index contributed by atoms with van der Waals surface area (Å²) in [5.74, 6) is -1.30. The van der Waals surface area contributed by atoms with Crippen LogP contribution < -0.4 is 0 Å². The Morgan fingerprint density at radius 3 is 2.72 bits per heavy atom. The van der Waals surface area contributed by atoms with Gasteiger partial charge in [-0.25, -0.2) is 9.18 Å². The maximum absolute atomic E-state index is 13.9. The minimum absolute atomic E-state index is 0.260. The minimum atomic E-state index is -1.22. The highest BCUT2D eigenvalue weighted by Crippen LogP contribution is 2.15. The maximum atomic E-state index is 13.9. The van der Waals surface area contributed by atoms with E-state index in [1.165, 1.54) is 6.07 Å². The summed E-state index contributed by atoms with van der Waals surface area (Å²) in [6.45, 7) is 5.55. The van der Waals surface area contributed by atoms with Crippen LogP contribution in [0.4, 0.5) is 4.39 Å². The van der Waals surface area contributed by atoms with E-state index in [4.69, 9.17) is 5.11 Å². The molecule has 0 saturated carbocycles. The summed E-state index contributed by atoms with van der Waals surface area (Å²) in [6.07, 6.45) is 1.07. The Morgan fingerprint density at radius 2 is 2.17 bits per heavy atom. The molecule has 18 heavy (non-hydrogen) atoms. The van der Waals surface area contributed by atoms with E-state index in [0.717, 1.165) is 13.0 Å². The predicted octanol–water partition coefficient (Wildman–Crippen LogP) is 3.00. The van der Waals surface area contributed by atoms with E-state index in [1.54, 1.807) is 12.1 Å². The summed E-state index contributed by atoms with van der Waals surface area (Å²) in [7, 11) is 1.92. The molecular formula is C14H20FNO2. The Bertz CT molecular complexity index is 420. The number of aromatic carboxylic acids is 1. The van der Waals surface area contributed by atoms with Crippen molar-refractivity contribution < 1.29 is 14.3 Å². The third-order valence-electron chi connectivity index (χ3n) is 3.07. The first-order valence-corrected chi connectivity index (χ1v) is 6.14. The fourth-order valence-corrected chi connectivity index (χ4v) is 1.88. The molecule has 1 atom stereocenters. The molecule has 0 amide bonds. The van der Waals surface area contributed by atoms with Gasteiger partial charge in [-0.3, -0.25) is 0 Å². The van der Waals surface area contributed by atoms with Crippen molar-refractivity contribution in [1.82, 2.24) is 4.90 Å². The number of benzene rings is 1. The maximum Gasteiger partial charge on any atom is 0.338 e. The molecule has 100 valence electrons. The average molecular weight is 253 g/mol. The lowest BCUT2D eigenvalue weighted by Gasteiger charge is -2.20. The Hall–Kier alpha value is -1.42. The summed E-state index contributed by atoms with van der Waals surface area (Å²) in [5, 5.41) is 8.85. The van der Waals surface area contributed by atoms with Gasteiger partial charge < -0.3 is 10.0 Å². The van der Waals surface area contributed by atoms with Gasteiger partial charge in [-0.1, -0.05) is 32.4 Å². The monoisotopic (exact) mass is 253 g/mol. The van der Waals surface area contributed by atoms with Gasteiger partial charge in [0.25, 0.3) is 0 Å². The summed E-state index contributed by atoms with van der Waals surface area (Å²) in [5.41, 5.74) is 0.171. The Morgan fingerprint density at radius 1 is 1.50 bits per heavy atom. The normalized spacial score (nSPS) is 12.7. The van der Waals surface area contributed by atoms with E-state index in [1.807, 2.05) is 11.9 Å². The van der Waals surface area contributed by atoms with Crippen LogP contribution in [0.25, 0.3) is 0 Å². The van der Waals surface area contributed by atoms with Crippen LogP contribution in [0.3, 0.4) is 0 Å². The third kappa shape index (κ3) is 3.81. The van der Waals surface area contributed by atoms with Crippen LogP contribution >= 0.6 is 0 Å². The lowest BCUT2D eigenvalue weighted by Crippen LogP contribution is -2.24. The summed E-state index contributed by atoms with van der Waals surface area (Å²) in [6, 6.07) is 4.50. The molecule has 1 aromatic carbocycles. The summed E-state index contributed by atoms with van der Waals surface area (Å²) in [4.78, 5) is 12.8. The second-order valence-corrected chi connectivity index (χ2v) is 4.79. The molecule has 0 heterocycles. The number of nitrogens with zero attached hydrogens (tertiary/aromatic N) is 1. The molecule has 3 nitrogen and oxygen atoms in total. The zero-order valence-corrected chi connectivity index (χ0v) is 11.1. The third-order valence-corrected chi connectivity index (χ3v) is 3.07. The lowest BCUT2D eigenvalue weighted by molar-refractivity contribution is 0.0691. The number of hydrogen-bond acceptors (Lipinski definition) is 2. The average Bonchev–Trinajstić information content (AvgIpc) is 2.31.